The van der Waals surface area contributed by atoms with Crippen molar-refractivity contribution in [2.75, 3.05) is 6.79 Å². The van der Waals surface area contributed by atoms with E-state index in [1.165, 1.54) is 0 Å². The van der Waals surface area contributed by atoms with E-state index in [2.05, 4.69) is 11.8 Å². The van der Waals surface area contributed by atoms with Gasteiger partial charge in [-0.25, -0.2) is 0 Å². The highest BCUT2D eigenvalue weighted by molar-refractivity contribution is 6.06. The van der Waals surface area contributed by atoms with Crippen LogP contribution < -0.4 is 9.47 Å². The highest BCUT2D eigenvalue weighted by Crippen LogP contribution is 2.32. The Balaban J connectivity index is 1.87. The zero-order valence-electron chi connectivity index (χ0n) is 13.3. The molecule has 5 nitrogen and oxygen atoms in total. The Morgan fingerprint density at radius 3 is 2.74 bits per heavy atom. The minimum atomic E-state index is -0.607. The maximum Gasteiger partial charge on any atom is 0.314 e. The third-order valence-electron chi connectivity index (χ3n) is 2.69. The zero-order valence-corrected chi connectivity index (χ0v) is 13.3. The first-order valence-corrected chi connectivity index (χ1v) is 7.16. The van der Waals surface area contributed by atoms with Crippen molar-refractivity contribution in [2.24, 2.45) is 0 Å². The van der Waals surface area contributed by atoms with E-state index in [-0.39, 0.29) is 13.2 Å². The van der Waals surface area contributed by atoms with Gasteiger partial charge in [-0.3, -0.25) is 9.59 Å². The number of hydrogen-bond acceptors (Lipinski definition) is 5. The number of hydrogen-bond donors (Lipinski definition) is 0. The fourth-order valence-electron chi connectivity index (χ4n) is 1.83. The van der Waals surface area contributed by atoms with E-state index in [1.54, 1.807) is 32.9 Å². The van der Waals surface area contributed by atoms with E-state index in [4.69, 9.17) is 14.2 Å². The first-order chi connectivity index (χ1) is 10.8. The van der Waals surface area contributed by atoms with Crippen molar-refractivity contribution in [3.8, 4) is 23.3 Å². The predicted molar refractivity (Wildman–Crippen MR) is 84.8 cm³/mol. The summed E-state index contributed by atoms with van der Waals surface area (Å²) >= 11 is 0. The van der Waals surface area contributed by atoms with Crippen LogP contribution in [0.3, 0.4) is 0 Å². The van der Waals surface area contributed by atoms with Gasteiger partial charge in [-0.2, -0.15) is 0 Å². The fourth-order valence-corrected chi connectivity index (χ4v) is 1.83. The van der Waals surface area contributed by atoms with Crippen LogP contribution in [0.25, 0.3) is 6.08 Å². The SMILES string of the molecule is CC(C)(C)OC(=O)CC(=O)C#C/C=C/c1ccc2c(c1)OCO2. The van der Waals surface area contributed by atoms with Gasteiger partial charge < -0.3 is 14.2 Å². The van der Waals surface area contributed by atoms with Crippen molar-refractivity contribution in [1.82, 2.24) is 0 Å². The molecule has 2 rings (SSSR count). The van der Waals surface area contributed by atoms with Crippen LogP contribution in [0.4, 0.5) is 0 Å². The molecule has 0 N–H and O–H groups in total. The Hall–Kier alpha value is -2.74. The van der Waals surface area contributed by atoms with Gasteiger partial charge in [0.25, 0.3) is 0 Å². The topological polar surface area (TPSA) is 61.8 Å². The summed E-state index contributed by atoms with van der Waals surface area (Å²) < 4.78 is 15.5. The molecule has 0 spiro atoms. The number of allylic oxidation sites excluding steroid dienone is 1. The lowest BCUT2D eigenvalue weighted by Crippen LogP contribution is -2.25. The van der Waals surface area contributed by atoms with Crippen molar-refractivity contribution < 1.29 is 23.8 Å². The number of fused-ring (bicyclic) bond motifs is 1. The molecule has 5 heteroatoms. The molecule has 23 heavy (non-hydrogen) atoms. The summed E-state index contributed by atoms with van der Waals surface area (Å²) in [6, 6.07) is 5.49. The van der Waals surface area contributed by atoms with Crippen LogP contribution in [0, 0.1) is 11.8 Å². The molecule has 0 bridgehead atoms. The molecule has 0 saturated heterocycles. The summed E-state index contributed by atoms with van der Waals surface area (Å²) in [6.45, 7) is 5.46. The van der Waals surface area contributed by atoms with E-state index in [0.29, 0.717) is 11.5 Å². The summed E-state index contributed by atoms with van der Waals surface area (Å²) in [5, 5.41) is 0. The monoisotopic (exact) mass is 314 g/mol. The van der Waals surface area contributed by atoms with Gasteiger partial charge in [0.1, 0.15) is 12.0 Å². The second-order valence-corrected chi connectivity index (χ2v) is 5.90. The molecule has 1 aromatic carbocycles. The minimum absolute atomic E-state index is 0.224. The molecule has 120 valence electrons. The van der Waals surface area contributed by atoms with E-state index in [1.807, 2.05) is 18.2 Å². The fraction of sp³-hybridized carbons (Fsp3) is 0.333. The van der Waals surface area contributed by atoms with Crippen LogP contribution in [-0.4, -0.2) is 24.1 Å². The van der Waals surface area contributed by atoms with Crippen molar-refractivity contribution >= 4 is 17.8 Å². The molecule has 1 aliphatic heterocycles. The summed E-state index contributed by atoms with van der Waals surface area (Å²) in [5.74, 6) is 5.34. The van der Waals surface area contributed by atoms with E-state index in [0.717, 1.165) is 5.56 Å². The standard InChI is InChI=1S/C18H18O5/c1-18(2,3)23-17(20)11-14(19)7-5-4-6-13-8-9-15-16(10-13)22-12-21-15/h4,6,8-10H,11-12H2,1-3H3/b6-4+. The maximum absolute atomic E-state index is 11.6. The molecule has 1 aliphatic rings. The van der Waals surface area contributed by atoms with Crippen molar-refractivity contribution in [3.63, 3.8) is 0 Å². The van der Waals surface area contributed by atoms with E-state index >= 15 is 0 Å². The lowest BCUT2D eigenvalue weighted by Gasteiger charge is -2.18. The van der Waals surface area contributed by atoms with Gasteiger partial charge in [0, 0.05) is 0 Å². The van der Waals surface area contributed by atoms with Crippen LogP contribution in [0.5, 0.6) is 11.5 Å². The maximum atomic E-state index is 11.6. The Bertz CT molecular complexity index is 698. The number of carbonyl (C=O) groups excluding carboxylic acids is 2. The number of carbonyl (C=O) groups is 2. The molecule has 0 saturated carbocycles. The number of benzene rings is 1. The first-order valence-electron chi connectivity index (χ1n) is 7.16. The first kappa shape index (κ1) is 16.6. The van der Waals surface area contributed by atoms with Gasteiger partial charge in [-0.1, -0.05) is 12.0 Å². The molecule has 0 radical (unpaired) electrons. The summed E-state index contributed by atoms with van der Waals surface area (Å²) in [7, 11) is 0. The average Bonchev–Trinajstić information content (AvgIpc) is 2.88. The number of rotatable bonds is 3. The van der Waals surface area contributed by atoms with E-state index in [9.17, 15) is 9.59 Å². The van der Waals surface area contributed by atoms with Crippen molar-refractivity contribution in [2.45, 2.75) is 32.8 Å². The normalized spacial score (nSPS) is 12.7. The van der Waals surface area contributed by atoms with E-state index < -0.39 is 17.4 Å². The van der Waals surface area contributed by atoms with Crippen LogP contribution >= 0.6 is 0 Å². The zero-order chi connectivity index (χ0) is 16.9. The third-order valence-corrected chi connectivity index (χ3v) is 2.69. The Morgan fingerprint density at radius 1 is 1.26 bits per heavy atom. The predicted octanol–water partition coefficient (Wildman–Crippen LogP) is 2.73. The molecule has 0 amide bonds. The van der Waals surface area contributed by atoms with Gasteiger partial charge in [0.2, 0.25) is 12.6 Å². The van der Waals surface area contributed by atoms with Gasteiger partial charge in [-0.15, -0.1) is 0 Å². The van der Waals surface area contributed by atoms with Gasteiger partial charge >= 0.3 is 5.97 Å². The van der Waals surface area contributed by atoms with Gasteiger partial charge in [0.05, 0.1) is 0 Å². The summed E-state index contributed by atoms with van der Waals surface area (Å²) in [5.41, 5.74) is 0.271. The molecule has 0 fully saturated rings. The molecule has 0 unspecified atom stereocenters. The van der Waals surface area contributed by atoms with Crippen LogP contribution in [0.1, 0.15) is 32.8 Å². The highest BCUT2D eigenvalue weighted by Gasteiger charge is 2.18. The lowest BCUT2D eigenvalue weighted by molar-refractivity contribution is -0.155. The minimum Gasteiger partial charge on any atom is -0.460 e. The second-order valence-electron chi connectivity index (χ2n) is 5.90. The molecule has 0 aliphatic carbocycles. The molecule has 1 aromatic rings. The summed E-state index contributed by atoms with van der Waals surface area (Å²) in [4.78, 5) is 23.0. The van der Waals surface area contributed by atoms with Crippen molar-refractivity contribution in [3.05, 3.63) is 29.8 Å². The Labute approximate surface area is 135 Å². The lowest BCUT2D eigenvalue weighted by atomic mass is 10.2. The quantitative estimate of drug-likeness (QED) is 0.371. The number of ether oxygens (including phenoxy) is 3. The molecule has 0 aromatic heterocycles. The van der Waals surface area contributed by atoms with Gasteiger partial charge in [-0.05, 0) is 56.5 Å². The molecule has 1 heterocycles. The third kappa shape index (κ3) is 5.51. The van der Waals surface area contributed by atoms with Crippen LogP contribution in [0.2, 0.25) is 0 Å². The Morgan fingerprint density at radius 2 is 2.00 bits per heavy atom. The number of Topliss-reactive ketones (excluding diaryl/α,β-unsaturated/α-hetero) is 1. The van der Waals surface area contributed by atoms with Gasteiger partial charge in [0.15, 0.2) is 11.5 Å². The number of ketones is 1. The smallest absolute Gasteiger partial charge is 0.314 e. The van der Waals surface area contributed by atoms with Crippen LogP contribution in [-0.2, 0) is 14.3 Å². The molecular weight excluding hydrogens is 296 g/mol. The van der Waals surface area contributed by atoms with Crippen molar-refractivity contribution in [1.29, 1.82) is 0 Å². The van der Waals surface area contributed by atoms with Crippen LogP contribution in [0.15, 0.2) is 24.3 Å². The number of esters is 1. The second kappa shape index (κ2) is 7.01. The average molecular weight is 314 g/mol. The Kier molecular flexibility index (Phi) is 5.07. The largest absolute Gasteiger partial charge is 0.460 e. The highest BCUT2D eigenvalue weighted by atomic mass is 16.7. The molecular formula is C18H18O5. The summed E-state index contributed by atoms with van der Waals surface area (Å²) in [6.07, 6.45) is 2.95. The molecule has 0 atom stereocenters.